The number of ether oxygens (including phenoxy) is 1. The third-order valence-corrected chi connectivity index (χ3v) is 3.36. The Labute approximate surface area is 116 Å². The molecule has 1 aromatic carbocycles. The van der Waals surface area contributed by atoms with Crippen LogP contribution in [-0.2, 0) is 5.75 Å². The van der Waals surface area contributed by atoms with E-state index in [4.69, 9.17) is 9.15 Å². The Bertz CT molecular complexity index is 552. The molecule has 0 N–H and O–H groups in total. The Morgan fingerprint density at radius 3 is 2.95 bits per heavy atom. The van der Waals surface area contributed by atoms with Gasteiger partial charge in [0.2, 0.25) is 5.89 Å². The van der Waals surface area contributed by atoms with Crippen LogP contribution in [0.15, 0.2) is 40.8 Å². The van der Waals surface area contributed by atoms with Gasteiger partial charge in [0.05, 0.1) is 18.4 Å². The van der Waals surface area contributed by atoms with Gasteiger partial charge >= 0.3 is 0 Å². The highest BCUT2D eigenvalue weighted by Gasteiger charge is 2.12. The summed E-state index contributed by atoms with van der Waals surface area (Å²) in [6.07, 6.45) is 4.13. The van der Waals surface area contributed by atoms with Crippen LogP contribution in [0, 0.1) is 0 Å². The first kappa shape index (κ1) is 13.7. The van der Waals surface area contributed by atoms with E-state index in [-0.39, 0.29) is 0 Å². The monoisotopic (exact) mass is 276 g/mol. The molecule has 0 amide bonds. The standard InChI is InChI=1S/C14H16N2O2S/c1-3-4-9-19-10-13-15-16-14(18-13)11-7-5-6-8-12(11)17-2/h3-8H,9-10H2,1-2H3. The Balaban J connectivity index is 2.08. The van der Waals surface area contributed by atoms with Crippen molar-refractivity contribution >= 4 is 11.8 Å². The molecule has 1 aromatic heterocycles. The highest BCUT2D eigenvalue weighted by Crippen LogP contribution is 2.28. The minimum atomic E-state index is 0.499. The van der Waals surface area contributed by atoms with Gasteiger partial charge in [-0.1, -0.05) is 24.3 Å². The second-order valence-electron chi connectivity index (χ2n) is 3.79. The van der Waals surface area contributed by atoms with E-state index < -0.39 is 0 Å². The zero-order valence-corrected chi connectivity index (χ0v) is 11.8. The van der Waals surface area contributed by atoms with Crippen molar-refractivity contribution in [3.05, 3.63) is 42.3 Å². The van der Waals surface area contributed by atoms with Crippen LogP contribution in [0.25, 0.3) is 11.5 Å². The first-order valence-corrected chi connectivity index (χ1v) is 7.15. The maximum Gasteiger partial charge on any atom is 0.251 e. The number of nitrogens with zero attached hydrogens (tertiary/aromatic N) is 2. The van der Waals surface area contributed by atoms with Crippen molar-refractivity contribution in [3.8, 4) is 17.2 Å². The Morgan fingerprint density at radius 2 is 2.16 bits per heavy atom. The molecule has 0 bridgehead atoms. The largest absolute Gasteiger partial charge is 0.496 e. The summed E-state index contributed by atoms with van der Waals surface area (Å²) in [6, 6.07) is 7.61. The van der Waals surface area contributed by atoms with Crippen LogP contribution in [0.2, 0.25) is 0 Å². The van der Waals surface area contributed by atoms with Crippen LogP contribution in [0.1, 0.15) is 12.8 Å². The van der Waals surface area contributed by atoms with E-state index in [1.165, 1.54) is 0 Å². The zero-order chi connectivity index (χ0) is 13.5. The van der Waals surface area contributed by atoms with Gasteiger partial charge in [-0.05, 0) is 19.1 Å². The van der Waals surface area contributed by atoms with Gasteiger partial charge in [-0.2, -0.15) is 0 Å². The Kier molecular flexibility index (Phi) is 5.03. The van der Waals surface area contributed by atoms with Crippen molar-refractivity contribution in [1.29, 1.82) is 0 Å². The number of para-hydroxylation sites is 1. The van der Waals surface area contributed by atoms with Gasteiger partial charge in [0.25, 0.3) is 5.89 Å². The van der Waals surface area contributed by atoms with Gasteiger partial charge in [0.15, 0.2) is 0 Å². The summed E-state index contributed by atoms with van der Waals surface area (Å²) in [7, 11) is 1.63. The lowest BCUT2D eigenvalue weighted by Crippen LogP contribution is -1.87. The van der Waals surface area contributed by atoms with Crippen molar-refractivity contribution in [2.45, 2.75) is 12.7 Å². The molecule has 19 heavy (non-hydrogen) atoms. The Morgan fingerprint density at radius 1 is 1.32 bits per heavy atom. The van der Waals surface area contributed by atoms with Gasteiger partial charge in [0.1, 0.15) is 5.75 Å². The lowest BCUT2D eigenvalue weighted by molar-refractivity contribution is 0.414. The number of hydrogen-bond acceptors (Lipinski definition) is 5. The fourth-order valence-corrected chi connectivity index (χ4v) is 2.29. The molecular formula is C14H16N2O2S. The number of hydrogen-bond donors (Lipinski definition) is 0. The molecule has 1 heterocycles. The third kappa shape index (κ3) is 3.61. The molecule has 5 heteroatoms. The number of aromatic nitrogens is 2. The lowest BCUT2D eigenvalue weighted by Gasteiger charge is -2.03. The van der Waals surface area contributed by atoms with Crippen LogP contribution < -0.4 is 4.74 Å². The normalized spacial score (nSPS) is 11.1. The first-order chi connectivity index (χ1) is 9.35. The summed E-state index contributed by atoms with van der Waals surface area (Å²) in [5.74, 6) is 3.53. The molecule has 4 nitrogen and oxygen atoms in total. The van der Waals surface area contributed by atoms with Crippen molar-refractivity contribution in [3.63, 3.8) is 0 Å². The quantitative estimate of drug-likeness (QED) is 0.596. The van der Waals surface area contributed by atoms with E-state index in [1.807, 2.05) is 37.3 Å². The van der Waals surface area contributed by atoms with Crippen LogP contribution >= 0.6 is 11.8 Å². The van der Waals surface area contributed by atoms with Gasteiger partial charge in [-0.25, -0.2) is 0 Å². The second-order valence-corrected chi connectivity index (χ2v) is 4.82. The number of rotatable bonds is 6. The van der Waals surface area contributed by atoms with E-state index in [1.54, 1.807) is 18.9 Å². The van der Waals surface area contributed by atoms with E-state index >= 15 is 0 Å². The SMILES string of the molecule is CC=CCSCc1nnc(-c2ccccc2OC)o1. The van der Waals surface area contributed by atoms with E-state index in [2.05, 4.69) is 16.3 Å². The van der Waals surface area contributed by atoms with Gasteiger partial charge in [-0.15, -0.1) is 22.0 Å². The molecular weight excluding hydrogens is 260 g/mol. The van der Waals surface area contributed by atoms with Crippen LogP contribution in [-0.4, -0.2) is 23.1 Å². The highest BCUT2D eigenvalue weighted by molar-refractivity contribution is 7.98. The van der Waals surface area contributed by atoms with Crippen molar-refractivity contribution in [2.24, 2.45) is 0 Å². The summed E-state index contributed by atoms with van der Waals surface area (Å²) in [5.41, 5.74) is 0.821. The molecule has 0 saturated heterocycles. The number of allylic oxidation sites excluding steroid dienone is 1. The average Bonchev–Trinajstić information content (AvgIpc) is 2.92. The second kappa shape index (κ2) is 6.99. The summed E-state index contributed by atoms with van der Waals surface area (Å²) < 4.78 is 10.9. The molecule has 0 saturated carbocycles. The maximum atomic E-state index is 5.65. The topological polar surface area (TPSA) is 48.2 Å². The van der Waals surface area contributed by atoms with Gasteiger partial charge < -0.3 is 9.15 Å². The molecule has 2 aromatic rings. The predicted molar refractivity (Wildman–Crippen MR) is 77.3 cm³/mol. The smallest absolute Gasteiger partial charge is 0.251 e. The van der Waals surface area contributed by atoms with Crippen LogP contribution in [0.5, 0.6) is 5.75 Å². The number of benzene rings is 1. The summed E-state index contributed by atoms with van der Waals surface area (Å²) in [5, 5.41) is 8.11. The minimum absolute atomic E-state index is 0.499. The van der Waals surface area contributed by atoms with E-state index in [0.29, 0.717) is 17.5 Å². The fourth-order valence-electron chi connectivity index (χ4n) is 1.55. The minimum Gasteiger partial charge on any atom is -0.496 e. The third-order valence-electron chi connectivity index (χ3n) is 2.48. The van der Waals surface area contributed by atoms with Gasteiger partial charge in [0, 0.05) is 5.75 Å². The molecule has 0 radical (unpaired) electrons. The number of thioether (sulfide) groups is 1. The molecule has 2 rings (SSSR count). The number of methoxy groups -OCH3 is 1. The highest BCUT2D eigenvalue weighted by atomic mass is 32.2. The molecule has 0 fully saturated rings. The maximum absolute atomic E-state index is 5.65. The lowest BCUT2D eigenvalue weighted by atomic mass is 10.2. The van der Waals surface area contributed by atoms with E-state index in [0.717, 1.165) is 17.1 Å². The molecule has 100 valence electrons. The predicted octanol–water partition coefficient (Wildman–Crippen LogP) is 3.55. The van der Waals surface area contributed by atoms with Crippen molar-refractivity contribution in [1.82, 2.24) is 10.2 Å². The van der Waals surface area contributed by atoms with Crippen molar-refractivity contribution in [2.75, 3.05) is 12.9 Å². The molecule has 0 atom stereocenters. The average molecular weight is 276 g/mol. The molecule has 0 unspecified atom stereocenters. The fraction of sp³-hybridized carbons (Fsp3) is 0.286. The van der Waals surface area contributed by atoms with Crippen molar-refractivity contribution < 1.29 is 9.15 Å². The molecule has 0 aliphatic carbocycles. The van der Waals surface area contributed by atoms with E-state index in [9.17, 15) is 0 Å². The summed E-state index contributed by atoms with van der Waals surface area (Å²) >= 11 is 1.74. The van der Waals surface area contributed by atoms with Gasteiger partial charge in [-0.3, -0.25) is 0 Å². The van der Waals surface area contributed by atoms with Crippen LogP contribution in [0.4, 0.5) is 0 Å². The summed E-state index contributed by atoms with van der Waals surface area (Å²) in [4.78, 5) is 0. The summed E-state index contributed by atoms with van der Waals surface area (Å²) in [6.45, 7) is 2.01. The molecule has 0 spiro atoms. The first-order valence-electron chi connectivity index (χ1n) is 6.00. The molecule has 0 aliphatic heterocycles. The van der Waals surface area contributed by atoms with Crippen LogP contribution in [0.3, 0.4) is 0 Å². The molecule has 0 aliphatic rings. The Hall–Kier alpha value is -1.75. The zero-order valence-electron chi connectivity index (χ0n) is 11.0.